The third-order valence-corrected chi connectivity index (χ3v) is 3.52. The van der Waals surface area contributed by atoms with E-state index in [1.807, 2.05) is 24.3 Å². The molecule has 0 aromatic heterocycles. The molecule has 0 spiro atoms. The van der Waals surface area contributed by atoms with Crippen molar-refractivity contribution in [2.45, 2.75) is 26.5 Å². The second-order valence-corrected chi connectivity index (χ2v) is 5.41. The second-order valence-electron chi connectivity index (χ2n) is 5.41. The summed E-state index contributed by atoms with van der Waals surface area (Å²) in [6.07, 6.45) is -0.601. The molecule has 0 aliphatic heterocycles. The number of benzene rings is 2. The molecular formula is C19H24N2O3. The largest absolute Gasteiger partial charge is 0.497 e. The molecule has 1 unspecified atom stereocenters. The fourth-order valence-corrected chi connectivity index (χ4v) is 2.18. The number of anilines is 1. The SMILES string of the molecule is CCNCc1cccc(NC(=O)C(C)Oc2ccc(OC)cc2)c1. The summed E-state index contributed by atoms with van der Waals surface area (Å²) in [5.74, 6) is 1.18. The minimum Gasteiger partial charge on any atom is -0.497 e. The average Bonchev–Trinajstić information content (AvgIpc) is 2.61. The third-order valence-electron chi connectivity index (χ3n) is 3.52. The highest BCUT2D eigenvalue weighted by molar-refractivity contribution is 5.94. The Morgan fingerprint density at radius 2 is 1.83 bits per heavy atom. The van der Waals surface area contributed by atoms with Gasteiger partial charge in [0.15, 0.2) is 6.10 Å². The van der Waals surface area contributed by atoms with Crippen molar-refractivity contribution in [3.05, 3.63) is 54.1 Å². The van der Waals surface area contributed by atoms with Gasteiger partial charge in [0.2, 0.25) is 0 Å². The highest BCUT2D eigenvalue weighted by Crippen LogP contribution is 2.19. The summed E-state index contributed by atoms with van der Waals surface area (Å²) in [6, 6.07) is 14.9. The zero-order chi connectivity index (χ0) is 17.4. The van der Waals surface area contributed by atoms with Crippen LogP contribution in [-0.4, -0.2) is 25.7 Å². The van der Waals surface area contributed by atoms with Crippen molar-refractivity contribution in [2.24, 2.45) is 0 Å². The van der Waals surface area contributed by atoms with Gasteiger partial charge >= 0.3 is 0 Å². The van der Waals surface area contributed by atoms with Crippen LogP contribution in [0.15, 0.2) is 48.5 Å². The first-order chi connectivity index (χ1) is 11.6. The molecule has 1 atom stereocenters. The van der Waals surface area contributed by atoms with Gasteiger partial charge in [-0.15, -0.1) is 0 Å². The third kappa shape index (κ3) is 5.28. The minimum absolute atomic E-state index is 0.189. The van der Waals surface area contributed by atoms with Crippen LogP contribution in [0.2, 0.25) is 0 Å². The number of hydrogen-bond acceptors (Lipinski definition) is 4. The van der Waals surface area contributed by atoms with Crippen LogP contribution in [-0.2, 0) is 11.3 Å². The van der Waals surface area contributed by atoms with Crippen molar-refractivity contribution in [2.75, 3.05) is 19.0 Å². The van der Waals surface area contributed by atoms with Crippen molar-refractivity contribution < 1.29 is 14.3 Å². The Morgan fingerprint density at radius 3 is 2.50 bits per heavy atom. The lowest BCUT2D eigenvalue weighted by Gasteiger charge is -2.15. The molecule has 2 aromatic carbocycles. The van der Waals surface area contributed by atoms with E-state index in [1.54, 1.807) is 38.3 Å². The molecule has 2 rings (SSSR count). The highest BCUT2D eigenvalue weighted by Gasteiger charge is 2.15. The van der Waals surface area contributed by atoms with E-state index in [4.69, 9.17) is 9.47 Å². The number of hydrogen-bond donors (Lipinski definition) is 2. The Bertz CT molecular complexity index is 656. The number of carbonyl (C=O) groups excluding carboxylic acids is 1. The van der Waals surface area contributed by atoms with Crippen LogP contribution in [0.5, 0.6) is 11.5 Å². The fourth-order valence-electron chi connectivity index (χ4n) is 2.18. The molecule has 5 heteroatoms. The number of ether oxygens (including phenoxy) is 2. The first-order valence-corrected chi connectivity index (χ1v) is 8.03. The molecule has 0 heterocycles. The molecule has 0 aliphatic carbocycles. The van der Waals surface area contributed by atoms with Crippen LogP contribution in [0.4, 0.5) is 5.69 Å². The summed E-state index contributed by atoms with van der Waals surface area (Å²) in [6.45, 7) is 5.47. The van der Waals surface area contributed by atoms with Crippen LogP contribution in [0, 0.1) is 0 Å². The first-order valence-electron chi connectivity index (χ1n) is 8.03. The fraction of sp³-hybridized carbons (Fsp3) is 0.316. The van der Waals surface area contributed by atoms with Crippen molar-refractivity contribution in [1.29, 1.82) is 0 Å². The van der Waals surface area contributed by atoms with E-state index in [2.05, 4.69) is 17.6 Å². The number of rotatable bonds is 8. The smallest absolute Gasteiger partial charge is 0.265 e. The second kappa shape index (κ2) is 8.93. The van der Waals surface area contributed by atoms with E-state index in [0.717, 1.165) is 30.1 Å². The number of amides is 1. The zero-order valence-corrected chi connectivity index (χ0v) is 14.3. The summed E-state index contributed by atoms with van der Waals surface area (Å²) < 4.78 is 10.8. The van der Waals surface area contributed by atoms with Crippen LogP contribution in [0.1, 0.15) is 19.4 Å². The predicted molar refractivity (Wildman–Crippen MR) is 95.5 cm³/mol. The van der Waals surface area contributed by atoms with Crippen LogP contribution in [0.3, 0.4) is 0 Å². The lowest BCUT2D eigenvalue weighted by Crippen LogP contribution is -2.30. The first kappa shape index (κ1) is 17.8. The maximum absolute atomic E-state index is 12.3. The summed E-state index contributed by atoms with van der Waals surface area (Å²) in [7, 11) is 1.61. The Hall–Kier alpha value is -2.53. The van der Waals surface area contributed by atoms with Gasteiger partial charge in [0.05, 0.1) is 7.11 Å². The van der Waals surface area contributed by atoms with Gasteiger partial charge in [-0.25, -0.2) is 0 Å². The van der Waals surface area contributed by atoms with Gasteiger partial charge in [-0.3, -0.25) is 4.79 Å². The standard InChI is InChI=1S/C19H24N2O3/c1-4-20-13-15-6-5-7-16(12-15)21-19(22)14(2)24-18-10-8-17(23-3)9-11-18/h5-12,14,20H,4,13H2,1-3H3,(H,21,22). The molecule has 0 aliphatic rings. The summed E-state index contributed by atoms with van der Waals surface area (Å²) in [4.78, 5) is 12.3. The number of methoxy groups -OCH3 is 1. The monoisotopic (exact) mass is 328 g/mol. The summed E-state index contributed by atoms with van der Waals surface area (Å²) in [5.41, 5.74) is 1.89. The normalized spacial score (nSPS) is 11.6. The maximum Gasteiger partial charge on any atom is 0.265 e. The molecule has 5 nitrogen and oxygen atoms in total. The van der Waals surface area contributed by atoms with E-state index in [1.165, 1.54) is 0 Å². The Balaban J connectivity index is 1.93. The Morgan fingerprint density at radius 1 is 1.12 bits per heavy atom. The summed E-state index contributed by atoms with van der Waals surface area (Å²) >= 11 is 0. The van der Waals surface area contributed by atoms with Crippen molar-refractivity contribution in [1.82, 2.24) is 5.32 Å². The molecule has 0 saturated heterocycles. The van der Waals surface area contributed by atoms with Crippen LogP contribution in [0.25, 0.3) is 0 Å². The van der Waals surface area contributed by atoms with Crippen molar-refractivity contribution in [3.63, 3.8) is 0 Å². The Kier molecular flexibility index (Phi) is 6.63. The molecular weight excluding hydrogens is 304 g/mol. The quantitative estimate of drug-likeness (QED) is 0.781. The Labute approximate surface area is 143 Å². The molecule has 0 bridgehead atoms. The van der Waals surface area contributed by atoms with Crippen LogP contribution < -0.4 is 20.1 Å². The van der Waals surface area contributed by atoms with E-state index in [9.17, 15) is 4.79 Å². The van der Waals surface area contributed by atoms with E-state index in [-0.39, 0.29) is 5.91 Å². The topological polar surface area (TPSA) is 59.6 Å². The highest BCUT2D eigenvalue weighted by atomic mass is 16.5. The number of carbonyl (C=O) groups is 1. The van der Waals surface area contributed by atoms with E-state index in [0.29, 0.717) is 5.75 Å². The van der Waals surface area contributed by atoms with E-state index < -0.39 is 6.10 Å². The zero-order valence-electron chi connectivity index (χ0n) is 14.3. The molecule has 0 radical (unpaired) electrons. The molecule has 1 amide bonds. The molecule has 2 aromatic rings. The van der Waals surface area contributed by atoms with Crippen LogP contribution >= 0.6 is 0 Å². The van der Waals surface area contributed by atoms with E-state index >= 15 is 0 Å². The lowest BCUT2D eigenvalue weighted by atomic mass is 10.2. The molecule has 2 N–H and O–H groups in total. The molecule has 0 fully saturated rings. The van der Waals surface area contributed by atoms with Gasteiger partial charge in [-0.1, -0.05) is 19.1 Å². The van der Waals surface area contributed by atoms with Gasteiger partial charge in [-0.05, 0) is 55.4 Å². The van der Waals surface area contributed by atoms with Gasteiger partial charge in [0.25, 0.3) is 5.91 Å². The summed E-state index contributed by atoms with van der Waals surface area (Å²) in [5, 5.41) is 6.15. The predicted octanol–water partition coefficient (Wildman–Crippen LogP) is 3.21. The van der Waals surface area contributed by atoms with Gasteiger partial charge in [0.1, 0.15) is 11.5 Å². The number of nitrogens with one attached hydrogen (secondary N) is 2. The van der Waals surface area contributed by atoms with Crippen molar-refractivity contribution in [3.8, 4) is 11.5 Å². The van der Waals surface area contributed by atoms with Gasteiger partial charge < -0.3 is 20.1 Å². The molecule has 0 saturated carbocycles. The van der Waals surface area contributed by atoms with Gasteiger partial charge in [-0.2, -0.15) is 0 Å². The van der Waals surface area contributed by atoms with Gasteiger partial charge in [0, 0.05) is 12.2 Å². The minimum atomic E-state index is -0.601. The van der Waals surface area contributed by atoms with Crippen molar-refractivity contribution >= 4 is 11.6 Å². The molecule has 24 heavy (non-hydrogen) atoms. The average molecular weight is 328 g/mol. The lowest BCUT2D eigenvalue weighted by molar-refractivity contribution is -0.122. The molecule has 128 valence electrons. The maximum atomic E-state index is 12.3.